The zero-order valence-electron chi connectivity index (χ0n) is 7.75. The van der Waals surface area contributed by atoms with E-state index in [1.54, 1.807) is 24.3 Å². The Kier molecular flexibility index (Phi) is 2.64. The molecule has 0 spiro atoms. The van der Waals surface area contributed by atoms with E-state index in [-0.39, 0.29) is 5.75 Å². The molecule has 1 unspecified atom stereocenters. The van der Waals surface area contributed by atoms with Gasteiger partial charge in [0.25, 0.3) is 0 Å². The zero-order chi connectivity index (χ0) is 10.8. The molecular formula is C10H9NO3S. The first kappa shape index (κ1) is 10.0. The van der Waals surface area contributed by atoms with Crippen molar-refractivity contribution >= 4 is 22.8 Å². The fourth-order valence-corrected chi connectivity index (χ4v) is 2.33. The van der Waals surface area contributed by atoms with Crippen molar-refractivity contribution in [2.45, 2.75) is 6.04 Å². The fourth-order valence-electron chi connectivity index (χ4n) is 1.30. The summed E-state index contributed by atoms with van der Waals surface area (Å²) in [6, 6.07) is 6.00. The summed E-state index contributed by atoms with van der Waals surface area (Å²) in [6.45, 7) is 0. The fraction of sp³-hybridized carbons (Fsp3) is 0.200. The second-order valence-electron chi connectivity index (χ2n) is 3.15. The first-order valence-electron chi connectivity index (χ1n) is 4.39. The third-order valence-electron chi connectivity index (χ3n) is 2.03. The molecule has 78 valence electrons. The first-order chi connectivity index (χ1) is 7.16. The molecule has 0 saturated heterocycles. The number of carbonyl (C=O) groups is 1. The van der Waals surface area contributed by atoms with Crippen molar-refractivity contribution < 1.29 is 15.0 Å². The number of hydrogen-bond acceptors (Lipinski definition) is 4. The Morgan fingerprint density at radius 1 is 1.53 bits per heavy atom. The molecule has 15 heavy (non-hydrogen) atoms. The van der Waals surface area contributed by atoms with E-state index >= 15 is 0 Å². The van der Waals surface area contributed by atoms with E-state index in [4.69, 9.17) is 5.11 Å². The third kappa shape index (κ3) is 2.12. The molecule has 2 N–H and O–H groups in total. The molecule has 1 aromatic rings. The average molecular weight is 223 g/mol. The maximum Gasteiger partial charge on any atom is 0.329 e. The van der Waals surface area contributed by atoms with Gasteiger partial charge in [0.1, 0.15) is 5.75 Å². The number of benzene rings is 1. The van der Waals surface area contributed by atoms with Crippen LogP contribution in [-0.4, -0.2) is 33.0 Å². The summed E-state index contributed by atoms with van der Waals surface area (Å²) in [4.78, 5) is 14.7. The number of aliphatic carboxylic acids is 1. The highest BCUT2D eigenvalue weighted by Gasteiger charge is 2.24. The van der Waals surface area contributed by atoms with Gasteiger partial charge in [-0.15, -0.1) is 11.8 Å². The predicted octanol–water partition coefficient (Wildman–Crippen LogP) is 1.34. The smallest absolute Gasteiger partial charge is 0.329 e. The molecular weight excluding hydrogens is 214 g/mol. The molecule has 0 aliphatic carbocycles. The van der Waals surface area contributed by atoms with Crippen LogP contribution < -0.4 is 0 Å². The van der Waals surface area contributed by atoms with E-state index < -0.39 is 12.0 Å². The van der Waals surface area contributed by atoms with E-state index in [0.29, 0.717) is 10.8 Å². The Morgan fingerprint density at radius 2 is 2.33 bits per heavy atom. The van der Waals surface area contributed by atoms with Gasteiger partial charge in [-0.25, -0.2) is 4.79 Å². The second-order valence-corrected chi connectivity index (χ2v) is 4.16. The van der Waals surface area contributed by atoms with Crippen LogP contribution in [-0.2, 0) is 4.79 Å². The van der Waals surface area contributed by atoms with Gasteiger partial charge in [0, 0.05) is 11.3 Å². The van der Waals surface area contributed by atoms with E-state index in [0.717, 1.165) is 5.56 Å². The molecule has 2 rings (SSSR count). The van der Waals surface area contributed by atoms with Gasteiger partial charge in [-0.05, 0) is 12.1 Å². The molecule has 0 radical (unpaired) electrons. The molecule has 5 heteroatoms. The molecule has 1 aliphatic rings. The zero-order valence-corrected chi connectivity index (χ0v) is 8.57. The summed E-state index contributed by atoms with van der Waals surface area (Å²) in [6.07, 6.45) is 0. The van der Waals surface area contributed by atoms with Crippen molar-refractivity contribution in [2.75, 3.05) is 5.75 Å². The second kappa shape index (κ2) is 3.94. The van der Waals surface area contributed by atoms with Crippen molar-refractivity contribution in [1.29, 1.82) is 0 Å². The SMILES string of the molecule is O=C(O)C1CSC(c2cccc(O)c2)=N1. The average Bonchev–Trinajstić information content (AvgIpc) is 2.66. The summed E-state index contributed by atoms with van der Waals surface area (Å²) < 4.78 is 0. The molecule has 1 atom stereocenters. The van der Waals surface area contributed by atoms with Crippen LogP contribution in [0, 0.1) is 0 Å². The van der Waals surface area contributed by atoms with Crippen LogP contribution in [0.3, 0.4) is 0 Å². The Bertz CT molecular complexity index is 430. The number of carboxylic acids is 1. The van der Waals surface area contributed by atoms with Gasteiger partial charge in [-0.3, -0.25) is 4.99 Å². The Morgan fingerprint density at radius 3 is 2.93 bits per heavy atom. The molecule has 1 aromatic carbocycles. The lowest BCUT2D eigenvalue weighted by atomic mass is 10.2. The first-order valence-corrected chi connectivity index (χ1v) is 5.38. The number of rotatable bonds is 2. The number of phenols is 1. The van der Waals surface area contributed by atoms with Crippen LogP contribution in [0.4, 0.5) is 0 Å². The highest BCUT2D eigenvalue weighted by atomic mass is 32.2. The largest absolute Gasteiger partial charge is 0.508 e. The molecule has 0 saturated carbocycles. The monoisotopic (exact) mass is 223 g/mol. The van der Waals surface area contributed by atoms with Crippen molar-refractivity contribution in [3.8, 4) is 5.75 Å². The molecule has 0 bridgehead atoms. The number of aromatic hydroxyl groups is 1. The molecule has 1 aliphatic heterocycles. The minimum Gasteiger partial charge on any atom is -0.508 e. The molecule has 0 amide bonds. The Balaban J connectivity index is 2.26. The summed E-state index contributed by atoms with van der Waals surface area (Å²) in [5, 5.41) is 18.7. The standard InChI is InChI=1S/C10H9NO3S/c12-7-3-1-2-6(4-7)9-11-8(5-15-9)10(13)14/h1-4,8,12H,5H2,(H,13,14). The topological polar surface area (TPSA) is 69.9 Å². The number of thioether (sulfide) groups is 1. The van der Waals surface area contributed by atoms with Gasteiger partial charge in [-0.2, -0.15) is 0 Å². The number of aliphatic imine (C=N–C) groups is 1. The highest BCUT2D eigenvalue weighted by molar-refractivity contribution is 8.14. The van der Waals surface area contributed by atoms with E-state index in [1.165, 1.54) is 11.8 Å². The minimum atomic E-state index is -0.905. The van der Waals surface area contributed by atoms with Crippen LogP contribution in [0.15, 0.2) is 29.3 Å². The quantitative estimate of drug-likeness (QED) is 0.793. The van der Waals surface area contributed by atoms with Crippen LogP contribution >= 0.6 is 11.8 Å². The van der Waals surface area contributed by atoms with Crippen LogP contribution in [0.1, 0.15) is 5.56 Å². The van der Waals surface area contributed by atoms with Gasteiger partial charge >= 0.3 is 5.97 Å². The Hall–Kier alpha value is -1.49. The van der Waals surface area contributed by atoms with Crippen LogP contribution in [0.5, 0.6) is 5.75 Å². The minimum absolute atomic E-state index is 0.162. The van der Waals surface area contributed by atoms with Crippen LogP contribution in [0.25, 0.3) is 0 Å². The molecule has 0 fully saturated rings. The Labute approximate surface area is 90.7 Å². The van der Waals surface area contributed by atoms with Crippen molar-refractivity contribution in [2.24, 2.45) is 4.99 Å². The van der Waals surface area contributed by atoms with Gasteiger partial charge in [0.15, 0.2) is 6.04 Å². The lowest BCUT2D eigenvalue weighted by Gasteiger charge is -1.99. The van der Waals surface area contributed by atoms with Crippen molar-refractivity contribution in [3.05, 3.63) is 29.8 Å². The third-order valence-corrected chi connectivity index (χ3v) is 3.13. The highest BCUT2D eigenvalue weighted by Crippen LogP contribution is 2.25. The van der Waals surface area contributed by atoms with E-state index in [9.17, 15) is 9.90 Å². The summed E-state index contributed by atoms with van der Waals surface area (Å²) >= 11 is 1.40. The number of nitrogens with zero attached hydrogens (tertiary/aromatic N) is 1. The van der Waals surface area contributed by atoms with Gasteiger partial charge in [0.2, 0.25) is 0 Å². The number of phenolic OH excluding ortho intramolecular Hbond substituents is 1. The van der Waals surface area contributed by atoms with Gasteiger partial charge < -0.3 is 10.2 Å². The van der Waals surface area contributed by atoms with Crippen LogP contribution in [0.2, 0.25) is 0 Å². The number of carboxylic acid groups (broad SMARTS) is 1. The summed E-state index contributed by atoms with van der Waals surface area (Å²) in [5.41, 5.74) is 0.767. The lowest BCUT2D eigenvalue weighted by Crippen LogP contribution is -2.17. The maximum atomic E-state index is 10.7. The van der Waals surface area contributed by atoms with Crippen molar-refractivity contribution in [1.82, 2.24) is 0 Å². The lowest BCUT2D eigenvalue weighted by molar-refractivity contribution is -0.137. The summed E-state index contributed by atoms with van der Waals surface area (Å²) in [7, 11) is 0. The molecule has 1 heterocycles. The van der Waals surface area contributed by atoms with Crippen molar-refractivity contribution in [3.63, 3.8) is 0 Å². The molecule has 0 aromatic heterocycles. The normalized spacial score (nSPS) is 20.0. The number of hydrogen-bond donors (Lipinski definition) is 2. The van der Waals surface area contributed by atoms with E-state index in [2.05, 4.69) is 4.99 Å². The van der Waals surface area contributed by atoms with Gasteiger partial charge in [0.05, 0.1) is 5.04 Å². The van der Waals surface area contributed by atoms with E-state index in [1.807, 2.05) is 0 Å². The summed E-state index contributed by atoms with van der Waals surface area (Å²) in [5.74, 6) is -0.285. The van der Waals surface area contributed by atoms with Gasteiger partial charge in [-0.1, -0.05) is 12.1 Å². The molecule has 4 nitrogen and oxygen atoms in total. The maximum absolute atomic E-state index is 10.7. The predicted molar refractivity (Wildman–Crippen MR) is 58.5 cm³/mol.